The normalized spacial score (nSPS) is 16.5. The quantitative estimate of drug-likeness (QED) is 0.843. The fraction of sp³-hybridized carbons (Fsp3) is 0.444. The van der Waals surface area contributed by atoms with Crippen LogP contribution < -0.4 is 9.80 Å². The van der Waals surface area contributed by atoms with Crippen molar-refractivity contribution < 1.29 is 0 Å². The summed E-state index contributed by atoms with van der Waals surface area (Å²) in [6.45, 7) is 3.93. The maximum absolute atomic E-state index is 4.33. The van der Waals surface area contributed by atoms with Crippen molar-refractivity contribution in [3.63, 3.8) is 0 Å². The van der Waals surface area contributed by atoms with Crippen LogP contribution in [-0.2, 0) is 0 Å². The summed E-state index contributed by atoms with van der Waals surface area (Å²) in [5, 5.41) is 12.3. The minimum absolute atomic E-state index is 0.842. The summed E-state index contributed by atoms with van der Waals surface area (Å²) in [5.41, 5.74) is 0. The summed E-state index contributed by atoms with van der Waals surface area (Å²) in [4.78, 5) is 8.92. The number of anilines is 2. The van der Waals surface area contributed by atoms with Crippen LogP contribution in [0.1, 0.15) is 0 Å². The first-order valence-corrected chi connectivity index (χ1v) is 7.70. The Morgan fingerprint density at radius 1 is 1.06 bits per heavy atom. The van der Waals surface area contributed by atoms with Crippen molar-refractivity contribution in [2.75, 3.05) is 36.0 Å². The Morgan fingerprint density at radius 3 is 2.29 bits per heavy atom. The highest BCUT2D eigenvalue weighted by Gasteiger charge is 2.20. The predicted molar refractivity (Wildman–Crippen MR) is 74.1 cm³/mol. The van der Waals surface area contributed by atoms with Gasteiger partial charge in [0.15, 0.2) is 9.05 Å². The van der Waals surface area contributed by atoms with Crippen LogP contribution in [0.25, 0.3) is 0 Å². The molecule has 0 N–H and O–H groups in total. The number of nitrogens with zero attached hydrogens (tertiary/aromatic N) is 5. The molecule has 2 aromatic heterocycles. The molecule has 3 heterocycles. The molecule has 1 aliphatic rings. The van der Waals surface area contributed by atoms with Crippen LogP contribution in [0, 0.1) is 0 Å². The lowest BCUT2D eigenvalue weighted by molar-refractivity contribution is 0.648. The minimum Gasteiger partial charge on any atom is -0.345 e. The highest BCUT2D eigenvalue weighted by Crippen LogP contribution is 2.26. The van der Waals surface area contributed by atoms with E-state index in [1.807, 2.05) is 11.6 Å². The summed E-state index contributed by atoms with van der Waals surface area (Å²) in [6.07, 6.45) is 1.86. The Kier molecular flexibility index (Phi) is 3.26. The van der Waals surface area contributed by atoms with E-state index in [0.717, 1.165) is 40.4 Å². The summed E-state index contributed by atoms with van der Waals surface area (Å²) in [6, 6.07) is 0. The van der Waals surface area contributed by atoms with Gasteiger partial charge in [-0.3, -0.25) is 0 Å². The van der Waals surface area contributed by atoms with Crippen molar-refractivity contribution in [3.8, 4) is 0 Å². The van der Waals surface area contributed by atoms with Crippen molar-refractivity contribution in [2.24, 2.45) is 0 Å². The molecule has 0 unspecified atom stereocenters. The van der Waals surface area contributed by atoms with Gasteiger partial charge in [-0.1, -0.05) is 11.3 Å². The lowest BCUT2D eigenvalue weighted by atomic mass is 10.3. The molecule has 1 saturated heterocycles. The minimum atomic E-state index is 0.842. The number of rotatable bonds is 2. The second kappa shape index (κ2) is 4.87. The van der Waals surface area contributed by atoms with Crippen LogP contribution in [0.3, 0.4) is 0 Å². The van der Waals surface area contributed by atoms with E-state index >= 15 is 0 Å². The van der Waals surface area contributed by atoms with Crippen molar-refractivity contribution in [1.29, 1.82) is 0 Å². The molecule has 0 saturated carbocycles. The SMILES string of the molecule is Brc1nnc(N2CCN(c3nccs3)CC2)s1. The van der Waals surface area contributed by atoms with Gasteiger partial charge in [0.2, 0.25) is 5.13 Å². The van der Waals surface area contributed by atoms with Gasteiger partial charge in [-0.15, -0.1) is 21.5 Å². The van der Waals surface area contributed by atoms with E-state index in [1.54, 1.807) is 22.7 Å². The molecular formula is C9H10BrN5S2. The monoisotopic (exact) mass is 331 g/mol. The molecule has 3 rings (SSSR count). The van der Waals surface area contributed by atoms with Gasteiger partial charge in [0.1, 0.15) is 0 Å². The third-order valence-corrected chi connectivity index (χ3v) is 4.88. The highest BCUT2D eigenvalue weighted by atomic mass is 79.9. The van der Waals surface area contributed by atoms with Gasteiger partial charge >= 0.3 is 0 Å². The van der Waals surface area contributed by atoms with E-state index in [1.165, 1.54) is 0 Å². The molecule has 8 heteroatoms. The first kappa shape index (κ1) is 11.4. The lowest BCUT2D eigenvalue weighted by Gasteiger charge is -2.34. The largest absolute Gasteiger partial charge is 0.345 e. The average molecular weight is 332 g/mol. The summed E-state index contributed by atoms with van der Waals surface area (Å²) >= 11 is 6.62. The van der Waals surface area contributed by atoms with Crippen LogP contribution in [0.2, 0.25) is 0 Å². The standard InChI is InChI=1S/C9H10BrN5S2/c10-7-12-13-9(17-7)15-4-2-14(3-5-15)8-11-1-6-16-8/h1,6H,2-5H2. The number of piperazine rings is 1. The van der Waals surface area contributed by atoms with Crippen LogP contribution in [0.5, 0.6) is 0 Å². The lowest BCUT2D eigenvalue weighted by Crippen LogP contribution is -2.46. The Hall–Kier alpha value is -0.730. The molecule has 0 atom stereocenters. The number of hydrogen-bond acceptors (Lipinski definition) is 7. The highest BCUT2D eigenvalue weighted by molar-refractivity contribution is 9.11. The Balaban J connectivity index is 1.64. The number of hydrogen-bond donors (Lipinski definition) is 0. The molecule has 0 bridgehead atoms. The molecule has 2 aromatic rings. The third-order valence-electron chi connectivity index (χ3n) is 2.63. The molecule has 1 fully saturated rings. The van der Waals surface area contributed by atoms with E-state index < -0.39 is 0 Å². The first-order chi connectivity index (χ1) is 8.33. The van der Waals surface area contributed by atoms with Gasteiger partial charge in [0, 0.05) is 37.8 Å². The van der Waals surface area contributed by atoms with Crippen LogP contribution >= 0.6 is 38.6 Å². The molecular weight excluding hydrogens is 322 g/mol. The molecule has 0 aliphatic carbocycles. The molecule has 0 amide bonds. The van der Waals surface area contributed by atoms with E-state index in [4.69, 9.17) is 0 Å². The van der Waals surface area contributed by atoms with Crippen LogP contribution in [0.15, 0.2) is 15.5 Å². The van der Waals surface area contributed by atoms with E-state index in [2.05, 4.69) is 40.9 Å². The number of halogens is 1. The average Bonchev–Trinajstić information content (AvgIpc) is 3.00. The van der Waals surface area contributed by atoms with Gasteiger partial charge in [-0.25, -0.2) is 4.98 Å². The second-order valence-corrected chi connectivity index (χ2v) is 6.73. The second-order valence-electron chi connectivity index (χ2n) is 3.63. The summed E-state index contributed by atoms with van der Waals surface area (Å²) < 4.78 is 0.842. The fourth-order valence-electron chi connectivity index (χ4n) is 1.79. The summed E-state index contributed by atoms with van der Waals surface area (Å²) in [7, 11) is 0. The zero-order chi connectivity index (χ0) is 11.7. The van der Waals surface area contributed by atoms with Gasteiger partial charge in [-0.05, 0) is 15.9 Å². The maximum atomic E-state index is 4.33. The van der Waals surface area contributed by atoms with Gasteiger partial charge < -0.3 is 9.80 Å². The van der Waals surface area contributed by atoms with Crippen LogP contribution in [0.4, 0.5) is 10.3 Å². The van der Waals surface area contributed by atoms with Gasteiger partial charge in [0.05, 0.1) is 0 Å². The van der Waals surface area contributed by atoms with Crippen molar-refractivity contribution >= 4 is 48.9 Å². The van der Waals surface area contributed by atoms with Gasteiger partial charge in [-0.2, -0.15) is 0 Å². The topological polar surface area (TPSA) is 45.2 Å². The van der Waals surface area contributed by atoms with E-state index in [9.17, 15) is 0 Å². The van der Waals surface area contributed by atoms with Crippen molar-refractivity contribution in [2.45, 2.75) is 0 Å². The van der Waals surface area contributed by atoms with Gasteiger partial charge in [0.25, 0.3) is 0 Å². The molecule has 1 aliphatic heterocycles. The van der Waals surface area contributed by atoms with Crippen LogP contribution in [-0.4, -0.2) is 41.4 Å². The molecule has 0 radical (unpaired) electrons. The fourth-order valence-corrected chi connectivity index (χ4v) is 3.62. The maximum Gasteiger partial charge on any atom is 0.209 e. The predicted octanol–water partition coefficient (Wildman–Crippen LogP) is 2.08. The number of thiazole rings is 1. The van der Waals surface area contributed by atoms with Crippen molar-refractivity contribution in [3.05, 3.63) is 15.5 Å². The van der Waals surface area contributed by atoms with E-state index in [-0.39, 0.29) is 0 Å². The Bertz CT molecular complexity index is 477. The first-order valence-electron chi connectivity index (χ1n) is 5.21. The summed E-state index contributed by atoms with van der Waals surface area (Å²) in [5.74, 6) is 0. The molecule has 0 spiro atoms. The number of aromatic nitrogens is 3. The zero-order valence-electron chi connectivity index (χ0n) is 8.91. The molecule has 17 heavy (non-hydrogen) atoms. The molecule has 90 valence electrons. The Morgan fingerprint density at radius 2 is 1.76 bits per heavy atom. The zero-order valence-corrected chi connectivity index (χ0v) is 12.1. The Labute approximate surface area is 115 Å². The van der Waals surface area contributed by atoms with Crippen molar-refractivity contribution in [1.82, 2.24) is 15.2 Å². The smallest absolute Gasteiger partial charge is 0.209 e. The molecule has 0 aromatic carbocycles. The third kappa shape index (κ3) is 2.43. The molecule has 5 nitrogen and oxygen atoms in total. The van der Waals surface area contributed by atoms with E-state index in [0.29, 0.717) is 0 Å².